The minimum absolute atomic E-state index is 1.35. The van der Waals surface area contributed by atoms with Gasteiger partial charge >= 0.3 is 0 Å². The van der Waals surface area contributed by atoms with Crippen LogP contribution in [0.5, 0.6) is 0 Å². The van der Waals surface area contributed by atoms with Gasteiger partial charge in [-0.15, -0.1) is 0 Å². The van der Waals surface area contributed by atoms with Crippen molar-refractivity contribution in [3.63, 3.8) is 0 Å². The molecular weight excluding hydrogens is 129 g/mol. The van der Waals surface area contributed by atoms with Gasteiger partial charge < -0.3 is 0 Å². The summed E-state index contributed by atoms with van der Waals surface area (Å²) in [6, 6.07) is 0. The van der Waals surface area contributed by atoms with Gasteiger partial charge in [-0.25, -0.2) is 0 Å². The fourth-order valence-corrected chi connectivity index (χ4v) is 6.11. The zero-order valence-electron chi connectivity index (χ0n) is 3.55. The molecule has 0 amide bonds. The predicted octanol–water partition coefficient (Wildman–Crippen LogP) is 2.86. The van der Waals surface area contributed by atoms with Crippen molar-refractivity contribution in [1.29, 1.82) is 0 Å². The van der Waals surface area contributed by atoms with Crippen LogP contribution in [0.2, 0.25) is 0 Å². The topological polar surface area (TPSA) is 0 Å². The second-order valence-corrected chi connectivity index (χ2v) is 6.56. The van der Waals surface area contributed by atoms with Crippen molar-refractivity contribution < 1.29 is 0 Å². The first-order valence-corrected chi connectivity index (χ1v) is 6.07. The summed E-state index contributed by atoms with van der Waals surface area (Å²) in [4.78, 5) is 0. The van der Waals surface area contributed by atoms with E-state index in [4.69, 9.17) is 0 Å². The average molecular weight is 134 g/mol. The van der Waals surface area contributed by atoms with Crippen LogP contribution in [-0.2, 0) is 0 Å². The monoisotopic (exact) mass is 134 g/mol. The molecule has 0 aromatic heterocycles. The van der Waals surface area contributed by atoms with Crippen LogP contribution in [0.4, 0.5) is 0 Å². The first-order chi connectivity index (χ1) is 2.89. The van der Waals surface area contributed by atoms with Gasteiger partial charge in [0, 0.05) is 6.16 Å². The molecule has 0 unspecified atom stereocenters. The number of rotatable bonds is 0. The Balaban J connectivity index is 2.61. The fourth-order valence-electron chi connectivity index (χ4n) is 0.274. The Labute approximate surface area is 42.5 Å². The molecule has 0 N–H and O–H groups in total. The molecular formula is C3H5P3. The normalized spacial score (nSPS) is 26.5. The van der Waals surface area contributed by atoms with Crippen LogP contribution >= 0.6 is 23.3 Å². The summed E-state index contributed by atoms with van der Waals surface area (Å²) in [5.74, 6) is 0. The van der Waals surface area contributed by atoms with Crippen molar-refractivity contribution in [2.24, 2.45) is 0 Å². The maximum absolute atomic E-state index is 2.23. The number of hydrogen-bond acceptors (Lipinski definition) is 0. The van der Waals surface area contributed by atoms with E-state index in [0.29, 0.717) is 0 Å². The second kappa shape index (κ2) is 2.17. The van der Waals surface area contributed by atoms with E-state index in [2.05, 4.69) is 6.92 Å². The van der Waals surface area contributed by atoms with E-state index in [-0.39, 0.29) is 0 Å². The Hall–Kier alpha value is 0.770. The Kier molecular flexibility index (Phi) is 1.78. The third kappa shape index (κ3) is 1.12. The van der Waals surface area contributed by atoms with Crippen LogP contribution in [0.1, 0.15) is 6.92 Å². The zero-order valence-corrected chi connectivity index (χ0v) is 6.23. The minimum atomic E-state index is 1.35. The molecule has 3 heteroatoms. The summed E-state index contributed by atoms with van der Waals surface area (Å²) in [7, 11) is 4.77. The van der Waals surface area contributed by atoms with Gasteiger partial charge in [0.15, 0.2) is 0 Å². The van der Waals surface area contributed by atoms with E-state index in [1.807, 2.05) is 0 Å². The summed E-state index contributed by atoms with van der Waals surface area (Å²) < 4.78 is 0. The van der Waals surface area contributed by atoms with E-state index in [1.165, 1.54) is 6.16 Å². The lowest BCUT2D eigenvalue weighted by Crippen LogP contribution is -1.80. The standard InChI is InChI=1S/C3H5P3/c1-3-2-4-6-5-3/h2H2,1H3. The third-order valence-corrected chi connectivity index (χ3v) is 6.20. The van der Waals surface area contributed by atoms with Crippen LogP contribution in [-0.4, -0.2) is 11.5 Å². The summed E-state index contributed by atoms with van der Waals surface area (Å²) in [5, 5.41) is 1.65. The van der Waals surface area contributed by atoms with Crippen molar-refractivity contribution in [2.45, 2.75) is 6.92 Å². The van der Waals surface area contributed by atoms with Crippen molar-refractivity contribution >= 4 is 28.6 Å². The maximum atomic E-state index is 2.23. The molecule has 1 rings (SSSR count). The highest BCUT2D eigenvalue weighted by atomic mass is 32.2. The lowest BCUT2D eigenvalue weighted by Gasteiger charge is -1.75. The number of hydrogen-bond donors (Lipinski definition) is 0. The van der Waals surface area contributed by atoms with E-state index < -0.39 is 0 Å². The smallest absolute Gasteiger partial charge is 0.0198 e. The Morgan fingerprint density at radius 1 is 1.67 bits per heavy atom. The van der Waals surface area contributed by atoms with Crippen molar-refractivity contribution in [2.75, 3.05) is 6.16 Å². The largest absolute Gasteiger partial charge is 0.0616 e. The molecule has 0 nitrogen and oxygen atoms in total. The zero-order chi connectivity index (χ0) is 4.41. The average Bonchev–Trinajstić information content (AvgIpc) is 1.86. The molecule has 0 bridgehead atoms. The molecule has 1 aliphatic heterocycles. The molecule has 0 fully saturated rings. The summed E-state index contributed by atoms with van der Waals surface area (Å²) in [5.41, 5.74) is 0. The van der Waals surface area contributed by atoms with Crippen LogP contribution < -0.4 is 0 Å². The van der Waals surface area contributed by atoms with Gasteiger partial charge in [-0.2, -0.15) is 0 Å². The van der Waals surface area contributed by atoms with Gasteiger partial charge in [0.1, 0.15) is 0 Å². The second-order valence-electron chi connectivity index (χ2n) is 1.22. The van der Waals surface area contributed by atoms with E-state index in [0.717, 1.165) is 0 Å². The Morgan fingerprint density at radius 3 is 2.67 bits per heavy atom. The van der Waals surface area contributed by atoms with Gasteiger partial charge in [0.25, 0.3) is 0 Å². The van der Waals surface area contributed by atoms with Crippen LogP contribution in [0.15, 0.2) is 0 Å². The van der Waals surface area contributed by atoms with Gasteiger partial charge in [-0.1, -0.05) is 7.87 Å². The molecule has 1 heterocycles. The molecule has 0 aliphatic carbocycles. The Morgan fingerprint density at radius 2 is 2.50 bits per heavy atom. The third-order valence-electron chi connectivity index (χ3n) is 0.578. The van der Waals surface area contributed by atoms with Crippen molar-refractivity contribution in [3.05, 3.63) is 0 Å². The first-order valence-electron chi connectivity index (χ1n) is 1.79. The Bertz CT molecular complexity index is 103. The van der Waals surface area contributed by atoms with E-state index in [9.17, 15) is 0 Å². The lowest BCUT2D eigenvalue weighted by atomic mass is 10.6. The van der Waals surface area contributed by atoms with Gasteiger partial charge in [0.2, 0.25) is 0 Å². The summed E-state index contributed by atoms with van der Waals surface area (Å²) >= 11 is 0. The molecule has 0 saturated heterocycles. The maximum Gasteiger partial charge on any atom is 0.0198 e. The molecule has 6 heavy (non-hydrogen) atoms. The van der Waals surface area contributed by atoms with E-state index >= 15 is 0 Å². The summed E-state index contributed by atoms with van der Waals surface area (Å²) in [6.45, 7) is 2.23. The molecule has 0 aromatic rings. The van der Waals surface area contributed by atoms with Crippen LogP contribution in [0.25, 0.3) is 0 Å². The van der Waals surface area contributed by atoms with Crippen LogP contribution in [0.3, 0.4) is 0 Å². The first kappa shape index (κ1) is 4.92. The van der Waals surface area contributed by atoms with E-state index in [1.54, 1.807) is 28.6 Å². The molecule has 0 atom stereocenters. The minimum Gasteiger partial charge on any atom is -0.0616 e. The van der Waals surface area contributed by atoms with Gasteiger partial charge in [0.05, 0.1) is 0 Å². The van der Waals surface area contributed by atoms with Gasteiger partial charge in [-0.3, -0.25) is 0 Å². The summed E-state index contributed by atoms with van der Waals surface area (Å²) in [6.07, 6.45) is 1.35. The highest BCUT2D eigenvalue weighted by Gasteiger charge is 1.89. The van der Waals surface area contributed by atoms with Crippen LogP contribution in [0, 0.1) is 0 Å². The molecule has 32 valence electrons. The van der Waals surface area contributed by atoms with Gasteiger partial charge in [-0.05, 0) is 27.7 Å². The van der Waals surface area contributed by atoms with Crippen molar-refractivity contribution in [3.8, 4) is 0 Å². The quantitative estimate of drug-likeness (QED) is 0.447. The highest BCUT2D eigenvalue weighted by Crippen LogP contribution is 2.37. The predicted molar refractivity (Wildman–Crippen MR) is 36.3 cm³/mol. The molecule has 0 radical (unpaired) electrons. The highest BCUT2D eigenvalue weighted by molar-refractivity contribution is 8.26. The fraction of sp³-hybridized carbons (Fsp3) is 0.667. The molecule has 0 aromatic carbocycles. The lowest BCUT2D eigenvalue weighted by molar-refractivity contribution is 1.87. The van der Waals surface area contributed by atoms with Crippen molar-refractivity contribution in [1.82, 2.24) is 0 Å². The molecule has 0 spiro atoms. The SMILES string of the molecule is CC1=PP=PC1. The molecule has 0 saturated carbocycles. The molecule has 1 aliphatic rings.